The molecule has 0 fully saturated rings. The van der Waals surface area contributed by atoms with E-state index in [0.29, 0.717) is 0 Å². The molecular weight excluding hydrogens is 571 g/mol. The van der Waals surface area contributed by atoms with E-state index in [9.17, 15) is 79.4 Å². The van der Waals surface area contributed by atoms with Gasteiger partial charge in [-0.1, -0.05) is 6.92 Å². The van der Waals surface area contributed by atoms with Crippen LogP contribution in [0.2, 0.25) is 0 Å². The van der Waals surface area contributed by atoms with Crippen molar-refractivity contribution in [2.24, 2.45) is 0 Å². The van der Waals surface area contributed by atoms with Crippen LogP contribution in [0.1, 0.15) is 25.3 Å². The Hall–Kier alpha value is -2.50. The van der Waals surface area contributed by atoms with Crippen LogP contribution in [0.3, 0.4) is 0 Å². The highest BCUT2D eigenvalue weighted by atomic mass is 19.4. The van der Waals surface area contributed by atoms with Gasteiger partial charge in [0.15, 0.2) is 0 Å². The maximum Gasteiger partial charge on any atom is 0.460 e. The van der Waals surface area contributed by atoms with Crippen LogP contribution in [-0.4, -0.2) is 47.7 Å². The topological polar surface area (TPSA) is 26.3 Å². The van der Waals surface area contributed by atoms with Crippen molar-refractivity contribution in [3.05, 3.63) is 29.8 Å². The van der Waals surface area contributed by atoms with Gasteiger partial charge >= 0.3 is 53.6 Å². The third-order valence-electron chi connectivity index (χ3n) is 4.62. The number of halogens is 17. The summed E-state index contributed by atoms with van der Waals surface area (Å²) in [6.45, 7) is 1.48. The second kappa shape index (κ2) is 9.36. The summed E-state index contributed by atoms with van der Waals surface area (Å²) < 4.78 is 231. The summed E-state index contributed by atoms with van der Waals surface area (Å²) in [4.78, 5) is 11.3. The Labute approximate surface area is 194 Å². The van der Waals surface area contributed by atoms with Gasteiger partial charge < -0.3 is 4.74 Å². The fraction of sp³-hybridized carbons (Fsp3) is 0.611. The smallest absolute Gasteiger partial charge is 0.427 e. The minimum absolute atomic E-state index is 0.198. The Kier molecular flexibility index (Phi) is 8.22. The van der Waals surface area contributed by atoms with Gasteiger partial charge in [-0.05, 0) is 30.7 Å². The molecule has 1 aromatic carbocycles. The monoisotopic (exact) mass is 582 g/mol. The average Bonchev–Trinajstić information content (AvgIpc) is 2.72. The average molecular weight is 582 g/mol. The van der Waals surface area contributed by atoms with Gasteiger partial charge in [0.2, 0.25) is 0 Å². The highest BCUT2D eigenvalue weighted by Crippen LogP contribution is 2.65. The largest absolute Gasteiger partial charge is 0.460 e. The van der Waals surface area contributed by atoms with Crippen LogP contribution in [0.25, 0.3) is 0 Å². The molecule has 0 aromatic heterocycles. The summed E-state index contributed by atoms with van der Waals surface area (Å²) in [7, 11) is 0. The Bertz CT molecular complexity index is 963. The van der Waals surface area contributed by atoms with Crippen molar-refractivity contribution in [2.75, 3.05) is 0 Å². The first-order valence-electron chi connectivity index (χ1n) is 9.21. The van der Waals surface area contributed by atoms with E-state index in [-0.39, 0.29) is 37.1 Å². The fourth-order valence-electron chi connectivity index (χ4n) is 2.46. The lowest BCUT2D eigenvalue weighted by Crippen LogP contribution is -2.74. The number of esters is 1. The molecule has 0 spiro atoms. The highest BCUT2D eigenvalue weighted by molar-refractivity contribution is 5.72. The van der Waals surface area contributed by atoms with Crippen molar-refractivity contribution in [1.29, 1.82) is 0 Å². The zero-order valence-corrected chi connectivity index (χ0v) is 17.5. The van der Waals surface area contributed by atoms with Gasteiger partial charge in [0.25, 0.3) is 0 Å². The van der Waals surface area contributed by atoms with Gasteiger partial charge in [0.1, 0.15) is 5.75 Å². The molecule has 1 rings (SSSR count). The van der Waals surface area contributed by atoms with Gasteiger partial charge in [-0.2, -0.15) is 74.6 Å². The van der Waals surface area contributed by atoms with Gasteiger partial charge in [-0.15, -0.1) is 0 Å². The van der Waals surface area contributed by atoms with Crippen molar-refractivity contribution in [3.63, 3.8) is 0 Å². The SMILES string of the molecule is CCCC(=O)Oc1ccc(C(F)(F)C(F)(F)C(F)(F)C(F)(F)C(F)(F)C(F)(F)C(F)(F)C(F)(F)F)cc1. The Morgan fingerprint density at radius 2 is 0.946 bits per heavy atom. The van der Waals surface area contributed by atoms with Crippen LogP contribution in [0.4, 0.5) is 74.6 Å². The van der Waals surface area contributed by atoms with Crippen LogP contribution in [0.15, 0.2) is 24.3 Å². The molecule has 0 aliphatic rings. The summed E-state index contributed by atoms with van der Waals surface area (Å²) >= 11 is 0. The number of hydrogen-bond acceptors (Lipinski definition) is 2. The molecule has 0 saturated carbocycles. The second-order valence-electron chi connectivity index (χ2n) is 7.27. The summed E-state index contributed by atoms with van der Waals surface area (Å²) in [6, 6.07) is -0.0892. The first-order valence-corrected chi connectivity index (χ1v) is 9.21. The number of benzene rings is 1. The molecule has 0 saturated heterocycles. The molecule has 2 nitrogen and oxygen atoms in total. The molecule has 19 heteroatoms. The zero-order valence-electron chi connectivity index (χ0n) is 17.5. The Morgan fingerprint density at radius 3 is 1.30 bits per heavy atom. The van der Waals surface area contributed by atoms with Gasteiger partial charge in [-0.3, -0.25) is 4.79 Å². The number of alkyl halides is 17. The fourth-order valence-corrected chi connectivity index (χ4v) is 2.46. The van der Waals surface area contributed by atoms with E-state index in [0.717, 1.165) is 0 Å². The number of rotatable bonds is 10. The summed E-state index contributed by atoms with van der Waals surface area (Å²) in [5.74, 6) is -58.7. The molecular formula is C18H11F17O2. The molecule has 0 aliphatic carbocycles. The lowest BCUT2D eigenvalue weighted by molar-refractivity contribution is -0.462. The van der Waals surface area contributed by atoms with Crippen LogP contribution < -0.4 is 4.74 Å². The quantitative estimate of drug-likeness (QED) is 0.160. The van der Waals surface area contributed by atoms with E-state index in [1.165, 1.54) is 6.92 Å². The van der Waals surface area contributed by atoms with Crippen molar-refractivity contribution in [3.8, 4) is 5.75 Å². The summed E-state index contributed by atoms with van der Waals surface area (Å²) in [6.07, 6.45) is -7.87. The van der Waals surface area contributed by atoms with Crippen molar-refractivity contribution < 1.29 is 84.2 Å². The standard InChI is InChI=1S/C18H11F17O2/c1-2-3-10(36)37-9-6-4-8(5-7-9)11(19,20)12(21,22)13(23,24)14(25,26)15(27,28)16(29,30)17(31,32)18(33,34)35/h4-7H,2-3H2,1H3. The van der Waals surface area contributed by atoms with E-state index in [1.807, 2.05) is 0 Å². The van der Waals surface area contributed by atoms with Gasteiger partial charge in [0, 0.05) is 12.0 Å². The second-order valence-corrected chi connectivity index (χ2v) is 7.27. The maximum atomic E-state index is 14.2. The van der Waals surface area contributed by atoms with E-state index in [4.69, 9.17) is 0 Å². The predicted octanol–water partition coefficient (Wildman–Crippen LogP) is 7.86. The molecule has 0 aliphatic heterocycles. The summed E-state index contributed by atoms with van der Waals surface area (Å²) in [5.41, 5.74) is -2.39. The summed E-state index contributed by atoms with van der Waals surface area (Å²) in [5, 5.41) is 0. The molecule has 0 bridgehead atoms. The molecule has 214 valence electrons. The molecule has 0 heterocycles. The van der Waals surface area contributed by atoms with Gasteiger partial charge in [-0.25, -0.2) is 0 Å². The minimum atomic E-state index is -8.68. The van der Waals surface area contributed by atoms with Crippen molar-refractivity contribution in [1.82, 2.24) is 0 Å². The molecule has 37 heavy (non-hydrogen) atoms. The van der Waals surface area contributed by atoms with Crippen LogP contribution in [0.5, 0.6) is 5.75 Å². The van der Waals surface area contributed by atoms with Crippen LogP contribution in [-0.2, 0) is 10.7 Å². The number of carbonyl (C=O) groups excluding carboxylic acids is 1. The van der Waals surface area contributed by atoms with Crippen molar-refractivity contribution in [2.45, 2.75) is 67.4 Å². The van der Waals surface area contributed by atoms with E-state index < -0.39 is 64.9 Å². The van der Waals surface area contributed by atoms with Gasteiger partial charge in [0.05, 0.1) is 0 Å². The normalized spacial score (nSPS) is 15.1. The van der Waals surface area contributed by atoms with Crippen LogP contribution >= 0.6 is 0 Å². The minimum Gasteiger partial charge on any atom is -0.427 e. The van der Waals surface area contributed by atoms with Crippen LogP contribution in [0, 0.1) is 0 Å². The zero-order chi connectivity index (χ0) is 29.7. The predicted molar refractivity (Wildman–Crippen MR) is 86.6 cm³/mol. The number of ether oxygens (including phenoxy) is 1. The first kappa shape index (κ1) is 32.5. The molecule has 0 N–H and O–H groups in total. The third-order valence-corrected chi connectivity index (χ3v) is 4.62. The van der Waals surface area contributed by atoms with E-state index >= 15 is 0 Å². The lowest BCUT2D eigenvalue weighted by atomic mass is 9.87. The molecule has 0 amide bonds. The number of hydrogen-bond donors (Lipinski definition) is 0. The Balaban J connectivity index is 3.56. The molecule has 0 radical (unpaired) electrons. The lowest BCUT2D eigenvalue weighted by Gasteiger charge is -2.42. The molecule has 1 aromatic rings. The molecule has 0 unspecified atom stereocenters. The third kappa shape index (κ3) is 4.77. The van der Waals surface area contributed by atoms with Crippen molar-refractivity contribution >= 4 is 5.97 Å². The Morgan fingerprint density at radius 1 is 0.595 bits per heavy atom. The highest BCUT2D eigenvalue weighted by Gasteiger charge is 2.95. The van der Waals surface area contributed by atoms with E-state index in [1.54, 1.807) is 0 Å². The van der Waals surface area contributed by atoms with E-state index in [2.05, 4.69) is 4.74 Å². The number of carbonyl (C=O) groups is 1. The maximum absolute atomic E-state index is 14.2. The molecule has 0 atom stereocenters. The first-order chi connectivity index (χ1) is 16.2.